The number of hydrogen-bond donors (Lipinski definition) is 0. The van der Waals surface area contributed by atoms with Crippen LogP contribution in [-0.4, -0.2) is 22.3 Å². The molecule has 0 aliphatic carbocycles. The van der Waals surface area contributed by atoms with E-state index in [-0.39, 0.29) is 5.78 Å². The summed E-state index contributed by atoms with van der Waals surface area (Å²) in [5, 5.41) is 6.65. The highest BCUT2D eigenvalue weighted by Crippen LogP contribution is 2.52. The Hall–Kier alpha value is -2.41. The number of fused-ring (bicyclic) bond motifs is 1. The summed E-state index contributed by atoms with van der Waals surface area (Å²) >= 11 is 14.2. The highest BCUT2D eigenvalue weighted by molar-refractivity contribution is 7.12. The van der Waals surface area contributed by atoms with Crippen molar-refractivity contribution in [2.75, 3.05) is 0 Å². The molecule has 0 saturated carbocycles. The minimum Gasteiger partial charge on any atom is -0.442 e. The Morgan fingerprint density at radius 1 is 1.07 bits per heavy atom. The molecule has 5 nitrogen and oxygen atoms in total. The van der Waals surface area contributed by atoms with Crippen LogP contribution in [0, 0.1) is 0 Å². The normalized spacial score (nSPS) is 23.1. The summed E-state index contributed by atoms with van der Waals surface area (Å²) in [6.45, 7) is 0. The number of ether oxygens (including phenoxy) is 1. The molecule has 3 aromatic rings. The highest BCUT2D eigenvalue weighted by atomic mass is 35.5. The summed E-state index contributed by atoms with van der Waals surface area (Å²) in [7, 11) is 0. The number of carbonyl (C=O) groups is 1. The number of halogens is 2. The Balaban J connectivity index is 1.73. The minimum atomic E-state index is -1.66. The third kappa shape index (κ3) is 2.34. The smallest absolute Gasteiger partial charge is 0.353 e. The van der Waals surface area contributed by atoms with Gasteiger partial charge in [-0.1, -0.05) is 58.7 Å². The van der Waals surface area contributed by atoms with E-state index in [4.69, 9.17) is 32.8 Å². The number of pyridine rings is 1. The molecule has 2 aromatic heterocycles. The molecule has 0 amide bonds. The van der Waals surface area contributed by atoms with E-state index in [1.165, 1.54) is 23.7 Å². The number of hydrogen-bond acceptors (Lipinski definition) is 6. The Morgan fingerprint density at radius 2 is 1.81 bits per heavy atom. The maximum Gasteiger partial charge on any atom is 0.353 e. The van der Waals surface area contributed by atoms with Crippen molar-refractivity contribution < 1.29 is 14.4 Å². The average Bonchev–Trinajstić information content (AvgIpc) is 3.34. The molecular weight excluding hydrogens is 407 g/mol. The van der Waals surface area contributed by atoms with Gasteiger partial charge in [-0.25, -0.2) is 0 Å². The standard InChI is InChI=1S/C19H10Cl2N2O3S/c20-11-8-22-9-12(21)14(11)15-16(10-4-2-1-3-5-10)23-26-19(15)18(24)17-13(25-19)6-7-27-17/h1-9,15H. The van der Waals surface area contributed by atoms with Crippen LogP contribution >= 0.6 is 34.5 Å². The van der Waals surface area contributed by atoms with Crippen molar-refractivity contribution in [3.05, 3.63) is 80.2 Å². The second-order valence-electron chi connectivity index (χ2n) is 6.10. The van der Waals surface area contributed by atoms with Gasteiger partial charge in [0.25, 0.3) is 5.78 Å². The lowest BCUT2D eigenvalue weighted by molar-refractivity contribution is -0.128. The van der Waals surface area contributed by atoms with Gasteiger partial charge in [-0.2, -0.15) is 0 Å². The Kier molecular flexibility index (Phi) is 3.75. The van der Waals surface area contributed by atoms with Gasteiger partial charge in [0.15, 0.2) is 0 Å². The molecule has 1 spiro atoms. The van der Waals surface area contributed by atoms with Gasteiger partial charge in [0.05, 0.1) is 10.0 Å². The molecule has 4 heterocycles. The van der Waals surface area contributed by atoms with Crippen LogP contribution in [-0.2, 0) is 4.84 Å². The number of aromatic nitrogens is 1. The minimum absolute atomic E-state index is 0.295. The molecular formula is C19H10Cl2N2O3S. The fourth-order valence-corrected chi connectivity index (χ4v) is 4.80. The molecule has 0 bridgehead atoms. The first-order valence-electron chi connectivity index (χ1n) is 8.03. The van der Waals surface area contributed by atoms with Crippen molar-refractivity contribution in [3.8, 4) is 5.75 Å². The first-order chi connectivity index (χ1) is 13.1. The average molecular weight is 417 g/mol. The van der Waals surface area contributed by atoms with Gasteiger partial charge < -0.3 is 9.57 Å². The van der Waals surface area contributed by atoms with E-state index in [1.807, 2.05) is 30.3 Å². The second kappa shape index (κ2) is 6.05. The van der Waals surface area contributed by atoms with Gasteiger partial charge >= 0.3 is 5.79 Å². The quantitative estimate of drug-likeness (QED) is 0.593. The van der Waals surface area contributed by atoms with Crippen LogP contribution in [0.5, 0.6) is 5.75 Å². The number of oxime groups is 1. The third-order valence-corrected chi connectivity index (χ3v) is 6.09. The first-order valence-corrected chi connectivity index (χ1v) is 9.67. The molecule has 0 fully saturated rings. The van der Waals surface area contributed by atoms with E-state index in [2.05, 4.69) is 10.1 Å². The molecule has 2 unspecified atom stereocenters. The van der Waals surface area contributed by atoms with Crippen LogP contribution in [0.4, 0.5) is 0 Å². The van der Waals surface area contributed by atoms with E-state index in [0.29, 0.717) is 31.9 Å². The van der Waals surface area contributed by atoms with Gasteiger partial charge in [-0.05, 0) is 11.4 Å². The Labute approximate surface area is 168 Å². The van der Waals surface area contributed by atoms with Crippen molar-refractivity contribution in [1.82, 2.24) is 4.98 Å². The maximum absolute atomic E-state index is 13.3. The summed E-state index contributed by atoms with van der Waals surface area (Å²) in [5.41, 5.74) is 1.81. The predicted molar refractivity (Wildman–Crippen MR) is 103 cm³/mol. The SMILES string of the molecule is O=C1c2sccc2OC12ON=C(c1ccccc1)C2c1c(Cl)cncc1Cl. The number of benzene rings is 1. The molecule has 0 saturated heterocycles. The molecule has 27 heavy (non-hydrogen) atoms. The van der Waals surface area contributed by atoms with Gasteiger partial charge in [0.1, 0.15) is 22.3 Å². The molecule has 8 heteroatoms. The Morgan fingerprint density at radius 3 is 2.52 bits per heavy atom. The zero-order valence-electron chi connectivity index (χ0n) is 13.6. The number of thiophene rings is 1. The molecule has 2 aliphatic heterocycles. The fraction of sp³-hybridized carbons (Fsp3) is 0.105. The van der Waals surface area contributed by atoms with E-state index in [0.717, 1.165) is 5.56 Å². The van der Waals surface area contributed by atoms with E-state index in [1.54, 1.807) is 11.4 Å². The lowest BCUT2D eigenvalue weighted by atomic mass is 9.82. The number of nitrogens with zero attached hydrogens (tertiary/aromatic N) is 2. The summed E-state index contributed by atoms with van der Waals surface area (Å²) < 4.78 is 6.02. The van der Waals surface area contributed by atoms with E-state index >= 15 is 0 Å². The van der Waals surface area contributed by atoms with Gasteiger partial charge in [0, 0.05) is 23.5 Å². The molecule has 2 aliphatic rings. The van der Waals surface area contributed by atoms with Crippen molar-refractivity contribution in [2.24, 2.45) is 5.16 Å². The molecule has 2 atom stereocenters. The maximum atomic E-state index is 13.3. The van der Waals surface area contributed by atoms with Crippen molar-refractivity contribution >= 4 is 46.0 Å². The Bertz CT molecular complexity index is 1080. The molecule has 0 radical (unpaired) electrons. The van der Waals surface area contributed by atoms with Crippen LogP contribution in [0.25, 0.3) is 0 Å². The zero-order chi connectivity index (χ0) is 18.6. The topological polar surface area (TPSA) is 60.8 Å². The monoisotopic (exact) mass is 416 g/mol. The fourth-order valence-electron chi connectivity index (χ4n) is 3.42. The molecule has 0 N–H and O–H groups in total. The lowest BCUT2D eigenvalue weighted by Crippen LogP contribution is -2.47. The molecule has 5 rings (SSSR count). The van der Waals surface area contributed by atoms with Gasteiger partial charge in [-0.3, -0.25) is 9.78 Å². The summed E-state index contributed by atoms with van der Waals surface area (Å²) in [6, 6.07) is 11.2. The van der Waals surface area contributed by atoms with E-state index < -0.39 is 11.7 Å². The highest BCUT2D eigenvalue weighted by Gasteiger charge is 2.63. The number of rotatable bonds is 2. The number of carbonyl (C=O) groups excluding carboxylic acids is 1. The van der Waals surface area contributed by atoms with Crippen LogP contribution < -0.4 is 4.74 Å². The summed E-state index contributed by atoms with van der Waals surface area (Å²) in [6.07, 6.45) is 2.96. The van der Waals surface area contributed by atoms with E-state index in [9.17, 15) is 4.79 Å². The lowest BCUT2D eigenvalue weighted by Gasteiger charge is -2.28. The van der Waals surface area contributed by atoms with Crippen LogP contribution in [0.15, 0.2) is 59.3 Å². The summed E-state index contributed by atoms with van der Waals surface area (Å²) in [4.78, 5) is 23.4. The van der Waals surface area contributed by atoms with Crippen LogP contribution in [0.2, 0.25) is 10.0 Å². The number of ketones is 1. The molecule has 1 aromatic carbocycles. The van der Waals surface area contributed by atoms with Crippen LogP contribution in [0.1, 0.15) is 26.7 Å². The van der Waals surface area contributed by atoms with Crippen molar-refractivity contribution in [3.63, 3.8) is 0 Å². The largest absolute Gasteiger partial charge is 0.442 e. The second-order valence-corrected chi connectivity index (χ2v) is 7.83. The van der Waals surface area contributed by atoms with Crippen molar-refractivity contribution in [2.45, 2.75) is 11.7 Å². The predicted octanol–water partition coefficient (Wildman–Crippen LogP) is 4.94. The molecule has 134 valence electrons. The van der Waals surface area contributed by atoms with Crippen molar-refractivity contribution in [1.29, 1.82) is 0 Å². The first kappa shape index (κ1) is 16.7. The third-order valence-electron chi connectivity index (χ3n) is 4.60. The zero-order valence-corrected chi connectivity index (χ0v) is 15.9. The summed E-state index contributed by atoms with van der Waals surface area (Å²) in [5.74, 6) is -2.23. The number of Topliss-reactive ketones (excluding diaryl/α,β-unsaturated/α-hetero) is 1. The van der Waals surface area contributed by atoms with Gasteiger partial charge in [0.2, 0.25) is 0 Å². The van der Waals surface area contributed by atoms with Gasteiger partial charge in [-0.15, -0.1) is 11.3 Å². The van der Waals surface area contributed by atoms with Crippen LogP contribution in [0.3, 0.4) is 0 Å².